The number of fused-ring (bicyclic) bond motifs is 1. The van der Waals surface area contributed by atoms with Crippen molar-refractivity contribution >= 4 is 0 Å². The molecular formula is C12H15NO. The van der Waals surface area contributed by atoms with Crippen molar-refractivity contribution in [3.05, 3.63) is 29.3 Å². The number of benzene rings is 1. The first-order valence-electron chi connectivity index (χ1n) is 5.26. The van der Waals surface area contributed by atoms with Crippen molar-refractivity contribution in [3.8, 4) is 5.75 Å². The van der Waals surface area contributed by atoms with Gasteiger partial charge in [0.25, 0.3) is 0 Å². The first-order valence-corrected chi connectivity index (χ1v) is 5.26. The Morgan fingerprint density at radius 3 is 2.86 bits per heavy atom. The third kappa shape index (κ3) is 1.07. The van der Waals surface area contributed by atoms with Crippen LogP contribution in [0.4, 0.5) is 0 Å². The Labute approximate surface area is 83.7 Å². The Hall–Kier alpha value is -1.02. The van der Waals surface area contributed by atoms with E-state index in [4.69, 9.17) is 5.73 Å². The molecule has 2 aliphatic rings. The maximum absolute atomic E-state index is 9.41. The number of aromatic hydroxyl groups is 1. The highest BCUT2D eigenvalue weighted by Crippen LogP contribution is 2.53. The molecule has 1 fully saturated rings. The molecule has 14 heavy (non-hydrogen) atoms. The smallest absolute Gasteiger partial charge is 0.115 e. The largest absolute Gasteiger partial charge is 0.508 e. The molecule has 2 nitrogen and oxygen atoms in total. The highest BCUT2D eigenvalue weighted by molar-refractivity contribution is 5.39. The van der Waals surface area contributed by atoms with E-state index < -0.39 is 0 Å². The van der Waals surface area contributed by atoms with Crippen molar-refractivity contribution < 1.29 is 5.11 Å². The second kappa shape index (κ2) is 2.51. The molecule has 74 valence electrons. The lowest BCUT2D eigenvalue weighted by molar-refractivity contribution is 0.417. The summed E-state index contributed by atoms with van der Waals surface area (Å²) in [4.78, 5) is 0. The highest BCUT2D eigenvalue weighted by atomic mass is 16.3. The lowest BCUT2D eigenvalue weighted by Crippen LogP contribution is -2.22. The number of hydrogen-bond donors (Lipinski definition) is 2. The van der Waals surface area contributed by atoms with Crippen LogP contribution in [-0.4, -0.2) is 11.1 Å². The van der Waals surface area contributed by atoms with E-state index >= 15 is 0 Å². The van der Waals surface area contributed by atoms with Gasteiger partial charge in [-0.25, -0.2) is 0 Å². The van der Waals surface area contributed by atoms with Gasteiger partial charge in [-0.1, -0.05) is 6.07 Å². The molecule has 0 radical (unpaired) electrons. The van der Waals surface area contributed by atoms with Crippen LogP contribution in [0, 0.1) is 5.41 Å². The minimum atomic E-state index is 0.384. The molecule has 0 amide bonds. The summed E-state index contributed by atoms with van der Waals surface area (Å²) in [6, 6.07) is 6.13. The van der Waals surface area contributed by atoms with Crippen LogP contribution < -0.4 is 5.73 Å². The van der Waals surface area contributed by atoms with E-state index in [-0.39, 0.29) is 0 Å². The van der Waals surface area contributed by atoms with Crippen LogP contribution in [0.15, 0.2) is 18.2 Å². The van der Waals surface area contributed by atoms with E-state index in [1.165, 1.54) is 24.0 Å². The van der Waals surface area contributed by atoms with Crippen LogP contribution in [0.5, 0.6) is 5.75 Å². The summed E-state index contributed by atoms with van der Waals surface area (Å²) < 4.78 is 0. The summed E-state index contributed by atoms with van der Waals surface area (Å²) in [6.45, 7) is 0. The van der Waals surface area contributed by atoms with Crippen molar-refractivity contribution in [2.45, 2.75) is 31.7 Å². The molecule has 0 saturated heterocycles. The zero-order valence-electron chi connectivity index (χ0n) is 8.16. The topological polar surface area (TPSA) is 46.2 Å². The van der Waals surface area contributed by atoms with Gasteiger partial charge in [-0.2, -0.15) is 0 Å². The van der Waals surface area contributed by atoms with Gasteiger partial charge in [-0.05, 0) is 54.4 Å². The summed E-state index contributed by atoms with van der Waals surface area (Å²) in [6.07, 6.45) is 4.59. The van der Waals surface area contributed by atoms with Crippen LogP contribution in [-0.2, 0) is 12.8 Å². The van der Waals surface area contributed by atoms with Crippen molar-refractivity contribution in [2.75, 3.05) is 0 Å². The number of hydrogen-bond acceptors (Lipinski definition) is 2. The Bertz CT molecular complexity index is 388. The third-order valence-electron chi connectivity index (χ3n) is 3.88. The lowest BCUT2D eigenvalue weighted by Gasteiger charge is -2.24. The maximum atomic E-state index is 9.41. The van der Waals surface area contributed by atoms with Crippen molar-refractivity contribution in [2.24, 2.45) is 11.1 Å². The average Bonchev–Trinajstić information content (AvgIpc) is 2.75. The first kappa shape index (κ1) is 8.30. The van der Waals surface area contributed by atoms with E-state index in [0.29, 0.717) is 17.2 Å². The Balaban J connectivity index is 1.97. The van der Waals surface area contributed by atoms with Gasteiger partial charge in [0.05, 0.1) is 0 Å². The molecule has 0 bridgehead atoms. The SMILES string of the molecule is NC1CC12CCc1ccc(O)cc1C2. The highest BCUT2D eigenvalue weighted by Gasteiger charge is 2.52. The number of phenolic OH excluding ortho intramolecular Hbond substituents is 1. The normalized spacial score (nSPS) is 34.2. The summed E-state index contributed by atoms with van der Waals surface area (Å²) in [5, 5.41) is 9.41. The summed E-state index contributed by atoms with van der Waals surface area (Å²) in [5.41, 5.74) is 9.06. The fourth-order valence-electron chi connectivity index (χ4n) is 2.74. The molecule has 0 heterocycles. The van der Waals surface area contributed by atoms with Gasteiger partial charge in [0, 0.05) is 6.04 Å². The molecule has 2 unspecified atom stereocenters. The van der Waals surface area contributed by atoms with Crippen LogP contribution >= 0.6 is 0 Å². The summed E-state index contributed by atoms with van der Waals surface area (Å²) in [5.74, 6) is 0.384. The Kier molecular flexibility index (Phi) is 1.49. The van der Waals surface area contributed by atoms with Gasteiger partial charge < -0.3 is 10.8 Å². The fourth-order valence-corrected chi connectivity index (χ4v) is 2.74. The number of phenols is 1. The lowest BCUT2D eigenvalue weighted by atomic mass is 9.81. The van der Waals surface area contributed by atoms with E-state index in [1.54, 1.807) is 6.07 Å². The molecule has 1 aromatic carbocycles. The quantitative estimate of drug-likeness (QED) is 0.651. The summed E-state index contributed by atoms with van der Waals surface area (Å²) >= 11 is 0. The van der Waals surface area contributed by atoms with E-state index in [9.17, 15) is 5.11 Å². The molecule has 1 aromatic rings. The van der Waals surface area contributed by atoms with Crippen LogP contribution in [0.1, 0.15) is 24.0 Å². The van der Waals surface area contributed by atoms with Crippen molar-refractivity contribution in [1.29, 1.82) is 0 Å². The van der Waals surface area contributed by atoms with Gasteiger partial charge >= 0.3 is 0 Å². The predicted octanol–water partition coefficient (Wildman–Crippen LogP) is 1.60. The number of rotatable bonds is 0. The third-order valence-corrected chi connectivity index (χ3v) is 3.88. The molecule has 2 aliphatic carbocycles. The average molecular weight is 189 g/mol. The van der Waals surface area contributed by atoms with Gasteiger partial charge in [-0.15, -0.1) is 0 Å². The second-order valence-electron chi connectivity index (χ2n) is 4.80. The number of aryl methyl sites for hydroxylation is 1. The molecule has 3 N–H and O–H groups in total. The number of nitrogens with two attached hydrogens (primary N) is 1. The molecular weight excluding hydrogens is 174 g/mol. The minimum absolute atomic E-state index is 0.384. The van der Waals surface area contributed by atoms with E-state index in [0.717, 1.165) is 12.8 Å². The van der Waals surface area contributed by atoms with Gasteiger partial charge in [0.15, 0.2) is 0 Å². The van der Waals surface area contributed by atoms with Gasteiger partial charge in [-0.3, -0.25) is 0 Å². The molecule has 1 spiro atoms. The molecule has 0 aromatic heterocycles. The zero-order chi connectivity index (χ0) is 9.76. The molecule has 0 aliphatic heterocycles. The maximum Gasteiger partial charge on any atom is 0.115 e. The molecule has 2 atom stereocenters. The molecule has 1 saturated carbocycles. The Morgan fingerprint density at radius 2 is 2.14 bits per heavy atom. The monoisotopic (exact) mass is 189 g/mol. The van der Waals surface area contributed by atoms with Crippen LogP contribution in [0.25, 0.3) is 0 Å². The van der Waals surface area contributed by atoms with Crippen molar-refractivity contribution in [1.82, 2.24) is 0 Å². The van der Waals surface area contributed by atoms with Crippen molar-refractivity contribution in [3.63, 3.8) is 0 Å². The minimum Gasteiger partial charge on any atom is -0.508 e. The van der Waals surface area contributed by atoms with Crippen LogP contribution in [0.2, 0.25) is 0 Å². The molecule has 3 rings (SSSR count). The van der Waals surface area contributed by atoms with Gasteiger partial charge in [0.1, 0.15) is 5.75 Å². The zero-order valence-corrected chi connectivity index (χ0v) is 8.16. The van der Waals surface area contributed by atoms with Crippen LogP contribution in [0.3, 0.4) is 0 Å². The van der Waals surface area contributed by atoms with E-state index in [2.05, 4.69) is 0 Å². The van der Waals surface area contributed by atoms with E-state index in [1.807, 2.05) is 12.1 Å². The first-order chi connectivity index (χ1) is 6.70. The Morgan fingerprint density at radius 1 is 1.36 bits per heavy atom. The fraction of sp³-hybridized carbons (Fsp3) is 0.500. The predicted molar refractivity (Wildman–Crippen MR) is 55.2 cm³/mol. The molecule has 2 heteroatoms. The van der Waals surface area contributed by atoms with Gasteiger partial charge in [0.2, 0.25) is 0 Å². The second-order valence-corrected chi connectivity index (χ2v) is 4.80. The standard InChI is InChI=1S/C12H15NO/c13-11-7-12(11)4-3-8-1-2-10(14)5-9(8)6-12/h1-2,5,11,14H,3-4,6-7,13H2. The summed E-state index contributed by atoms with van der Waals surface area (Å²) in [7, 11) is 0.